The molecule has 1 aromatic rings. The zero-order valence-corrected chi connectivity index (χ0v) is 16.2. The Labute approximate surface area is 154 Å². The van der Waals surface area contributed by atoms with Crippen LogP contribution in [0.1, 0.15) is 32.3 Å². The van der Waals surface area contributed by atoms with Crippen LogP contribution in [0.5, 0.6) is 11.5 Å². The van der Waals surface area contributed by atoms with E-state index in [-0.39, 0.29) is 17.4 Å². The molecule has 1 atom stereocenters. The summed E-state index contributed by atoms with van der Waals surface area (Å²) in [4.78, 5) is 11.9. The lowest BCUT2D eigenvalue weighted by atomic mass is 10.1. The Hall–Kier alpha value is -2.09. The molecule has 1 aliphatic heterocycles. The largest absolute Gasteiger partial charge is 0.493 e. The van der Waals surface area contributed by atoms with E-state index in [0.717, 1.165) is 12.0 Å². The molecule has 2 rings (SSSR count). The molecule has 1 heterocycles. The number of hydrazone groups is 1. The molecule has 1 amide bonds. The van der Waals surface area contributed by atoms with Gasteiger partial charge in [-0.2, -0.15) is 5.10 Å². The minimum atomic E-state index is -3.09. The van der Waals surface area contributed by atoms with Crippen molar-refractivity contribution >= 4 is 22.0 Å². The van der Waals surface area contributed by atoms with E-state index >= 15 is 0 Å². The molecule has 0 aliphatic carbocycles. The van der Waals surface area contributed by atoms with Gasteiger partial charge in [-0.3, -0.25) is 4.79 Å². The van der Waals surface area contributed by atoms with Gasteiger partial charge in [0.15, 0.2) is 21.3 Å². The molecule has 0 saturated carbocycles. The van der Waals surface area contributed by atoms with E-state index in [4.69, 9.17) is 9.47 Å². The van der Waals surface area contributed by atoms with Gasteiger partial charge in [-0.25, -0.2) is 13.8 Å². The van der Waals surface area contributed by atoms with Gasteiger partial charge in [0.05, 0.1) is 37.4 Å². The Morgan fingerprint density at radius 2 is 2.15 bits per heavy atom. The number of benzene rings is 1. The minimum absolute atomic E-state index is 0.0598. The fraction of sp³-hybridized carbons (Fsp3) is 0.556. The van der Waals surface area contributed by atoms with Crippen molar-refractivity contribution in [3.63, 3.8) is 0 Å². The number of hydrogen-bond acceptors (Lipinski definition) is 6. The second-order valence-electron chi connectivity index (χ2n) is 6.78. The highest BCUT2D eigenvalue weighted by atomic mass is 32.2. The van der Waals surface area contributed by atoms with Crippen molar-refractivity contribution < 1.29 is 22.7 Å². The van der Waals surface area contributed by atoms with Crippen LogP contribution in [0, 0.1) is 11.8 Å². The van der Waals surface area contributed by atoms with Gasteiger partial charge >= 0.3 is 0 Å². The third-order valence-electron chi connectivity index (χ3n) is 4.13. The minimum Gasteiger partial charge on any atom is -0.493 e. The lowest BCUT2D eigenvalue weighted by Crippen LogP contribution is -2.27. The molecular weight excluding hydrogens is 356 g/mol. The molecule has 0 aromatic heterocycles. The first-order chi connectivity index (χ1) is 12.3. The van der Waals surface area contributed by atoms with Crippen molar-refractivity contribution in [3.8, 4) is 11.5 Å². The van der Waals surface area contributed by atoms with Crippen molar-refractivity contribution in [1.82, 2.24) is 5.43 Å². The summed E-state index contributed by atoms with van der Waals surface area (Å²) < 4.78 is 33.9. The number of ether oxygens (including phenoxy) is 2. The zero-order valence-electron chi connectivity index (χ0n) is 15.4. The van der Waals surface area contributed by atoms with E-state index in [1.54, 1.807) is 19.2 Å². The molecule has 0 bridgehead atoms. The third kappa shape index (κ3) is 6.01. The van der Waals surface area contributed by atoms with Gasteiger partial charge in [-0.1, -0.05) is 13.8 Å². The van der Waals surface area contributed by atoms with Crippen molar-refractivity contribution in [2.45, 2.75) is 26.7 Å². The summed E-state index contributed by atoms with van der Waals surface area (Å²) in [6.07, 6.45) is 2.79. The van der Waals surface area contributed by atoms with Crippen LogP contribution in [0.2, 0.25) is 0 Å². The predicted molar refractivity (Wildman–Crippen MR) is 100 cm³/mol. The van der Waals surface area contributed by atoms with E-state index in [0.29, 0.717) is 30.4 Å². The van der Waals surface area contributed by atoms with Gasteiger partial charge in [0.2, 0.25) is 5.91 Å². The number of rotatable bonds is 8. The fourth-order valence-corrected chi connectivity index (χ4v) is 4.29. The SMILES string of the molecule is COc1cc(/C=N\NC(=O)[C@H]2CCS(=O)(=O)C2)ccc1OCCC(C)C. The molecule has 0 radical (unpaired) electrons. The quantitative estimate of drug-likeness (QED) is 0.548. The summed E-state index contributed by atoms with van der Waals surface area (Å²) in [7, 11) is -1.52. The Morgan fingerprint density at radius 1 is 1.38 bits per heavy atom. The molecule has 1 saturated heterocycles. The van der Waals surface area contributed by atoms with Crippen molar-refractivity contribution in [2.24, 2.45) is 16.9 Å². The summed E-state index contributed by atoms with van der Waals surface area (Å²) in [5, 5.41) is 3.91. The average Bonchev–Trinajstić information content (AvgIpc) is 2.95. The fourth-order valence-electron chi connectivity index (χ4n) is 2.55. The van der Waals surface area contributed by atoms with Gasteiger partial charge in [-0.05, 0) is 42.5 Å². The van der Waals surface area contributed by atoms with E-state index in [1.807, 2.05) is 6.07 Å². The number of carbonyl (C=O) groups is 1. The molecule has 26 heavy (non-hydrogen) atoms. The number of nitrogens with zero attached hydrogens (tertiary/aromatic N) is 1. The highest BCUT2D eigenvalue weighted by Crippen LogP contribution is 2.28. The van der Waals surface area contributed by atoms with E-state index in [1.165, 1.54) is 6.21 Å². The molecule has 1 fully saturated rings. The number of nitrogens with one attached hydrogen (secondary N) is 1. The molecule has 1 aromatic carbocycles. The predicted octanol–water partition coefficient (Wildman–Crippen LogP) is 2.00. The number of amides is 1. The molecule has 144 valence electrons. The Kier molecular flexibility index (Phi) is 7.02. The van der Waals surface area contributed by atoms with Gasteiger partial charge in [0, 0.05) is 0 Å². The summed E-state index contributed by atoms with van der Waals surface area (Å²) in [6, 6.07) is 5.37. The first-order valence-corrected chi connectivity index (χ1v) is 10.5. The van der Waals surface area contributed by atoms with Crippen LogP contribution in [0.4, 0.5) is 0 Å². The maximum atomic E-state index is 11.9. The van der Waals surface area contributed by atoms with Gasteiger partial charge in [-0.15, -0.1) is 0 Å². The van der Waals surface area contributed by atoms with Crippen molar-refractivity contribution in [1.29, 1.82) is 0 Å². The lowest BCUT2D eigenvalue weighted by Gasteiger charge is -2.12. The van der Waals surface area contributed by atoms with Gasteiger partial charge in [0.1, 0.15) is 0 Å². The molecule has 8 heteroatoms. The topological polar surface area (TPSA) is 94.1 Å². The molecule has 7 nitrogen and oxygen atoms in total. The van der Waals surface area contributed by atoms with Crippen LogP contribution in [-0.2, 0) is 14.6 Å². The number of carbonyl (C=O) groups excluding carboxylic acids is 1. The van der Waals surface area contributed by atoms with Crippen LogP contribution < -0.4 is 14.9 Å². The van der Waals surface area contributed by atoms with Gasteiger partial charge in [0.25, 0.3) is 0 Å². The molecule has 0 unspecified atom stereocenters. The maximum Gasteiger partial charge on any atom is 0.244 e. The van der Waals surface area contributed by atoms with Crippen LogP contribution in [0.3, 0.4) is 0 Å². The normalized spacial score (nSPS) is 19.0. The average molecular weight is 382 g/mol. The lowest BCUT2D eigenvalue weighted by molar-refractivity contribution is -0.124. The van der Waals surface area contributed by atoms with Crippen LogP contribution >= 0.6 is 0 Å². The third-order valence-corrected chi connectivity index (χ3v) is 5.90. The first-order valence-electron chi connectivity index (χ1n) is 8.65. The summed E-state index contributed by atoms with van der Waals surface area (Å²) in [5.74, 6) is 0.864. The molecular formula is C18H26N2O5S. The summed E-state index contributed by atoms with van der Waals surface area (Å²) in [6.45, 7) is 4.88. The Bertz CT molecular complexity index is 759. The number of methoxy groups -OCH3 is 1. The zero-order chi connectivity index (χ0) is 19.2. The summed E-state index contributed by atoms with van der Waals surface area (Å²) >= 11 is 0. The van der Waals surface area contributed by atoms with Crippen molar-refractivity contribution in [3.05, 3.63) is 23.8 Å². The second kappa shape index (κ2) is 9.02. The number of sulfone groups is 1. The standard InChI is InChI=1S/C18H26N2O5S/c1-13(2)6-8-25-16-5-4-14(10-17(16)24-3)11-19-20-18(21)15-7-9-26(22,23)12-15/h4-5,10-11,13,15H,6-9,12H2,1-3H3,(H,20,21)/b19-11-/t15-/m0/s1. The van der Waals surface area contributed by atoms with E-state index in [2.05, 4.69) is 24.4 Å². The van der Waals surface area contributed by atoms with Crippen molar-refractivity contribution in [2.75, 3.05) is 25.2 Å². The number of hydrogen-bond donors (Lipinski definition) is 1. The Morgan fingerprint density at radius 3 is 2.77 bits per heavy atom. The first kappa shape index (κ1) is 20.2. The second-order valence-corrected chi connectivity index (χ2v) is 9.00. The molecule has 1 aliphatic rings. The van der Waals surface area contributed by atoms with Gasteiger partial charge < -0.3 is 9.47 Å². The smallest absolute Gasteiger partial charge is 0.244 e. The summed E-state index contributed by atoms with van der Waals surface area (Å²) in [5.41, 5.74) is 3.14. The van der Waals surface area contributed by atoms with Crippen LogP contribution in [-0.4, -0.2) is 45.8 Å². The monoisotopic (exact) mass is 382 g/mol. The maximum absolute atomic E-state index is 11.9. The Balaban J connectivity index is 1.92. The highest BCUT2D eigenvalue weighted by Gasteiger charge is 2.32. The molecule has 0 spiro atoms. The highest BCUT2D eigenvalue weighted by molar-refractivity contribution is 7.91. The van der Waals surface area contributed by atoms with E-state index in [9.17, 15) is 13.2 Å². The van der Waals surface area contributed by atoms with E-state index < -0.39 is 15.8 Å². The van der Waals surface area contributed by atoms with Crippen LogP contribution in [0.15, 0.2) is 23.3 Å². The molecule has 1 N–H and O–H groups in total. The van der Waals surface area contributed by atoms with Crippen LogP contribution in [0.25, 0.3) is 0 Å².